The van der Waals surface area contributed by atoms with Crippen molar-refractivity contribution in [1.29, 1.82) is 0 Å². The summed E-state index contributed by atoms with van der Waals surface area (Å²) in [6.07, 6.45) is 1.51. The van der Waals surface area contributed by atoms with Crippen LogP contribution < -0.4 is 5.32 Å². The van der Waals surface area contributed by atoms with Crippen LogP contribution in [0.5, 0.6) is 0 Å². The van der Waals surface area contributed by atoms with Gasteiger partial charge in [-0.1, -0.05) is 5.16 Å². The van der Waals surface area contributed by atoms with E-state index in [1.54, 1.807) is 13.0 Å². The molecule has 0 radical (unpaired) electrons. The van der Waals surface area contributed by atoms with Crippen LogP contribution in [0, 0.1) is 6.92 Å². The highest BCUT2D eigenvalue weighted by Crippen LogP contribution is 2.23. The van der Waals surface area contributed by atoms with Crippen LogP contribution in [0.25, 0.3) is 0 Å². The lowest BCUT2D eigenvalue weighted by Crippen LogP contribution is -2.07. The second-order valence-corrected chi connectivity index (χ2v) is 4.69. The van der Waals surface area contributed by atoms with E-state index in [1.165, 1.54) is 17.6 Å². The lowest BCUT2D eigenvalue weighted by atomic mass is 10.4. The summed E-state index contributed by atoms with van der Waals surface area (Å²) in [5.41, 5.74) is 1.14. The normalized spacial score (nSPS) is 10.3. The average molecular weight is 267 g/mol. The van der Waals surface area contributed by atoms with E-state index in [-0.39, 0.29) is 5.97 Å². The van der Waals surface area contributed by atoms with Gasteiger partial charge in [-0.15, -0.1) is 11.3 Å². The first-order chi connectivity index (χ1) is 8.70. The molecule has 2 aromatic heterocycles. The van der Waals surface area contributed by atoms with Crippen LogP contribution in [-0.4, -0.2) is 22.7 Å². The van der Waals surface area contributed by atoms with Crippen molar-refractivity contribution in [3.05, 3.63) is 28.6 Å². The fraction of sp³-hybridized carbons (Fsp3) is 0.364. The van der Waals surface area contributed by atoms with Gasteiger partial charge in [-0.25, -0.2) is 9.78 Å². The molecule has 7 heteroatoms. The Kier molecular flexibility index (Phi) is 3.93. The van der Waals surface area contributed by atoms with Gasteiger partial charge in [0.2, 0.25) is 0 Å². The predicted molar refractivity (Wildman–Crippen MR) is 66.6 cm³/mol. The Morgan fingerprint density at radius 3 is 3.11 bits per heavy atom. The number of hydrogen-bond acceptors (Lipinski definition) is 7. The molecule has 2 heterocycles. The third-order valence-electron chi connectivity index (χ3n) is 2.18. The largest absolute Gasteiger partial charge is 0.461 e. The molecule has 2 rings (SSSR count). The molecule has 18 heavy (non-hydrogen) atoms. The van der Waals surface area contributed by atoms with Crippen LogP contribution in [-0.2, 0) is 11.3 Å². The number of ether oxygens (including phenoxy) is 1. The number of esters is 1. The molecule has 6 nitrogen and oxygen atoms in total. The van der Waals surface area contributed by atoms with Gasteiger partial charge in [-0.3, -0.25) is 0 Å². The predicted octanol–water partition coefficient (Wildman–Crippen LogP) is 2.23. The maximum atomic E-state index is 11.6. The van der Waals surface area contributed by atoms with Gasteiger partial charge in [-0.2, -0.15) is 0 Å². The third-order valence-corrected chi connectivity index (χ3v) is 3.11. The van der Waals surface area contributed by atoms with E-state index in [4.69, 9.17) is 9.26 Å². The maximum Gasteiger partial charge on any atom is 0.358 e. The molecule has 0 aliphatic rings. The fourth-order valence-electron chi connectivity index (χ4n) is 1.36. The van der Waals surface area contributed by atoms with Crippen LogP contribution in [0.4, 0.5) is 5.13 Å². The van der Waals surface area contributed by atoms with Crippen LogP contribution in [0.15, 0.2) is 16.9 Å². The molecule has 0 atom stereocenters. The third kappa shape index (κ3) is 2.86. The Hall–Kier alpha value is -1.89. The summed E-state index contributed by atoms with van der Waals surface area (Å²) in [6, 6.07) is 1.76. The van der Waals surface area contributed by atoms with Crippen molar-refractivity contribution in [3.8, 4) is 0 Å². The van der Waals surface area contributed by atoms with Gasteiger partial charge in [0.25, 0.3) is 0 Å². The molecule has 0 aliphatic carbocycles. The molecule has 0 bridgehead atoms. The number of carbonyl (C=O) groups is 1. The second kappa shape index (κ2) is 5.63. The standard InChI is InChI=1S/C11H13N3O3S/c1-3-16-10(15)9-7(2)18-11(13-9)12-6-8-4-5-17-14-8/h4-5H,3,6H2,1-2H3,(H,12,13). The summed E-state index contributed by atoms with van der Waals surface area (Å²) in [5.74, 6) is -0.388. The van der Waals surface area contributed by atoms with Crippen LogP contribution in [0.2, 0.25) is 0 Å². The molecule has 0 aromatic carbocycles. The van der Waals surface area contributed by atoms with Crippen LogP contribution in [0.1, 0.15) is 28.0 Å². The summed E-state index contributed by atoms with van der Waals surface area (Å²) < 4.78 is 9.64. The van der Waals surface area contributed by atoms with E-state index in [9.17, 15) is 4.79 Å². The highest BCUT2D eigenvalue weighted by molar-refractivity contribution is 7.15. The molecule has 0 fully saturated rings. The number of aryl methyl sites for hydroxylation is 1. The van der Waals surface area contributed by atoms with E-state index in [0.29, 0.717) is 24.0 Å². The van der Waals surface area contributed by atoms with Crippen LogP contribution in [0.3, 0.4) is 0 Å². The topological polar surface area (TPSA) is 77.2 Å². The van der Waals surface area contributed by atoms with Crippen molar-refractivity contribution < 1.29 is 14.1 Å². The van der Waals surface area contributed by atoms with Crippen molar-refractivity contribution in [2.45, 2.75) is 20.4 Å². The van der Waals surface area contributed by atoms with Gasteiger partial charge in [0.15, 0.2) is 10.8 Å². The molecule has 0 spiro atoms. The molecule has 2 aromatic rings. The number of nitrogens with one attached hydrogen (secondary N) is 1. The Morgan fingerprint density at radius 1 is 1.61 bits per heavy atom. The summed E-state index contributed by atoms with van der Waals surface area (Å²) in [4.78, 5) is 16.6. The Labute approximate surface area is 108 Å². The lowest BCUT2D eigenvalue weighted by Gasteiger charge is -1.98. The van der Waals surface area contributed by atoms with Gasteiger partial charge in [0.05, 0.1) is 13.2 Å². The van der Waals surface area contributed by atoms with Gasteiger partial charge in [0.1, 0.15) is 12.0 Å². The second-order valence-electron chi connectivity index (χ2n) is 3.49. The SMILES string of the molecule is CCOC(=O)c1nc(NCc2ccon2)sc1C. The van der Waals surface area contributed by atoms with Gasteiger partial charge in [-0.05, 0) is 13.8 Å². The summed E-state index contributed by atoms with van der Waals surface area (Å²) >= 11 is 1.41. The van der Waals surface area contributed by atoms with E-state index >= 15 is 0 Å². The number of rotatable bonds is 5. The zero-order chi connectivity index (χ0) is 13.0. The highest BCUT2D eigenvalue weighted by Gasteiger charge is 2.16. The molecule has 1 N–H and O–H groups in total. The van der Waals surface area contributed by atoms with Crippen molar-refractivity contribution >= 4 is 22.4 Å². The molecule has 0 saturated carbocycles. The number of thiazole rings is 1. The number of carbonyl (C=O) groups excluding carboxylic acids is 1. The minimum Gasteiger partial charge on any atom is -0.461 e. The van der Waals surface area contributed by atoms with Crippen molar-refractivity contribution in [1.82, 2.24) is 10.1 Å². The Morgan fingerprint density at radius 2 is 2.44 bits per heavy atom. The number of nitrogens with zero attached hydrogens (tertiary/aromatic N) is 2. The first kappa shape index (κ1) is 12.6. The fourth-order valence-corrected chi connectivity index (χ4v) is 2.15. The number of anilines is 1. The lowest BCUT2D eigenvalue weighted by molar-refractivity contribution is 0.0519. The molecular formula is C11H13N3O3S. The summed E-state index contributed by atoms with van der Waals surface area (Å²) in [5, 5.41) is 7.52. The van der Waals surface area contributed by atoms with E-state index in [1.807, 2.05) is 6.92 Å². The Bertz CT molecular complexity index is 522. The van der Waals surface area contributed by atoms with Crippen LogP contribution >= 0.6 is 11.3 Å². The van der Waals surface area contributed by atoms with Crippen molar-refractivity contribution in [2.75, 3.05) is 11.9 Å². The maximum absolute atomic E-state index is 11.6. The van der Waals surface area contributed by atoms with Gasteiger partial charge >= 0.3 is 5.97 Å². The smallest absolute Gasteiger partial charge is 0.358 e. The van der Waals surface area contributed by atoms with Crippen molar-refractivity contribution in [2.24, 2.45) is 0 Å². The highest BCUT2D eigenvalue weighted by atomic mass is 32.1. The quantitative estimate of drug-likeness (QED) is 0.837. The zero-order valence-electron chi connectivity index (χ0n) is 10.1. The Balaban J connectivity index is 2.02. The minimum atomic E-state index is -0.388. The zero-order valence-corrected chi connectivity index (χ0v) is 10.9. The molecule has 0 saturated heterocycles. The summed E-state index contributed by atoms with van der Waals surface area (Å²) in [6.45, 7) is 4.46. The molecular weight excluding hydrogens is 254 g/mol. The molecule has 0 amide bonds. The minimum absolute atomic E-state index is 0.345. The van der Waals surface area contributed by atoms with Crippen molar-refractivity contribution in [3.63, 3.8) is 0 Å². The summed E-state index contributed by atoms with van der Waals surface area (Å²) in [7, 11) is 0. The average Bonchev–Trinajstić information content (AvgIpc) is 2.96. The number of hydrogen-bond donors (Lipinski definition) is 1. The first-order valence-electron chi connectivity index (χ1n) is 5.48. The van der Waals surface area contributed by atoms with E-state index < -0.39 is 0 Å². The monoisotopic (exact) mass is 267 g/mol. The molecule has 0 aliphatic heterocycles. The van der Waals surface area contributed by atoms with E-state index in [2.05, 4.69) is 15.5 Å². The van der Waals surface area contributed by atoms with Gasteiger partial charge in [0, 0.05) is 10.9 Å². The first-order valence-corrected chi connectivity index (χ1v) is 6.30. The van der Waals surface area contributed by atoms with E-state index in [0.717, 1.165) is 10.6 Å². The number of aromatic nitrogens is 2. The van der Waals surface area contributed by atoms with Gasteiger partial charge < -0.3 is 14.6 Å². The molecule has 0 unspecified atom stereocenters. The molecule has 96 valence electrons.